The Hall–Kier alpha value is -3.31. The zero-order valence-corrected chi connectivity index (χ0v) is 25.0. The molecular formula is C36H44N2O3. The summed E-state index contributed by atoms with van der Waals surface area (Å²) in [6, 6.07) is 21.1. The minimum atomic E-state index is -0.199. The number of hydrogen-bond acceptors (Lipinski definition) is 4. The lowest BCUT2D eigenvalue weighted by Gasteiger charge is -2.55. The van der Waals surface area contributed by atoms with Crippen LogP contribution >= 0.6 is 0 Å². The molecule has 0 aromatic heterocycles. The van der Waals surface area contributed by atoms with E-state index in [4.69, 9.17) is 4.74 Å². The number of rotatable bonds is 9. The Labute approximate surface area is 244 Å². The van der Waals surface area contributed by atoms with Crippen LogP contribution in [0.3, 0.4) is 0 Å². The minimum Gasteiger partial charge on any atom is -0.507 e. The van der Waals surface area contributed by atoms with Crippen LogP contribution in [0, 0.1) is 11.8 Å². The number of hydrogen-bond donors (Lipinski definition) is 2. The lowest BCUT2D eigenvalue weighted by atomic mass is 9.58. The smallest absolute Gasteiger partial charge is 0.255 e. The van der Waals surface area contributed by atoms with E-state index in [0.717, 1.165) is 59.7 Å². The number of amides is 1. The summed E-state index contributed by atoms with van der Waals surface area (Å²) in [4.78, 5) is 15.9. The van der Waals surface area contributed by atoms with Crippen molar-refractivity contribution in [3.63, 3.8) is 0 Å². The molecule has 5 nitrogen and oxygen atoms in total. The van der Waals surface area contributed by atoms with Crippen LogP contribution in [0.1, 0.15) is 74.0 Å². The molecule has 2 aliphatic carbocycles. The first-order valence-electron chi connectivity index (χ1n) is 15.5. The predicted molar refractivity (Wildman–Crippen MR) is 165 cm³/mol. The molecule has 2 bridgehead atoms. The Morgan fingerprint density at radius 2 is 1.73 bits per heavy atom. The van der Waals surface area contributed by atoms with E-state index in [1.165, 1.54) is 24.9 Å². The minimum absolute atomic E-state index is 0.109. The number of likely N-dealkylation sites (tertiary alicyclic amines) is 1. The van der Waals surface area contributed by atoms with E-state index in [0.29, 0.717) is 24.1 Å². The van der Waals surface area contributed by atoms with Gasteiger partial charge in [0.15, 0.2) is 0 Å². The Kier molecular flexibility index (Phi) is 7.58. The molecule has 2 fully saturated rings. The fraction of sp³-hybridized carbons (Fsp3) is 0.472. The maximum absolute atomic E-state index is 13.2. The molecule has 41 heavy (non-hydrogen) atoms. The average molecular weight is 553 g/mol. The Morgan fingerprint density at radius 1 is 1.05 bits per heavy atom. The SMILES string of the molecule is CC(C)Oc1ccc(-c2ccc(CCNC(=O)c3ccc4c(c3O)C3(C)CCN(CC5CC5)C(C4)C3C)cc2)cc1. The number of carbonyl (C=O) groups excluding carboxylic acids is 1. The van der Waals surface area contributed by atoms with Gasteiger partial charge in [0.05, 0.1) is 11.7 Å². The van der Waals surface area contributed by atoms with E-state index in [2.05, 4.69) is 66.5 Å². The van der Waals surface area contributed by atoms with Crippen molar-refractivity contribution in [3.8, 4) is 22.6 Å². The highest BCUT2D eigenvalue weighted by Gasteiger charge is 2.50. The van der Waals surface area contributed by atoms with Gasteiger partial charge in [-0.25, -0.2) is 0 Å². The van der Waals surface area contributed by atoms with Gasteiger partial charge in [-0.3, -0.25) is 9.69 Å². The van der Waals surface area contributed by atoms with Crippen molar-refractivity contribution in [2.75, 3.05) is 19.6 Å². The molecule has 1 amide bonds. The zero-order valence-electron chi connectivity index (χ0n) is 25.0. The number of phenolic OH excluding ortho intramolecular Hbond substituents is 1. The van der Waals surface area contributed by atoms with Crippen molar-refractivity contribution < 1.29 is 14.6 Å². The predicted octanol–water partition coefficient (Wildman–Crippen LogP) is 6.75. The van der Waals surface area contributed by atoms with Crippen LogP contribution in [0.15, 0.2) is 60.7 Å². The number of phenols is 1. The summed E-state index contributed by atoms with van der Waals surface area (Å²) < 4.78 is 5.75. The van der Waals surface area contributed by atoms with Gasteiger partial charge in [0, 0.05) is 30.1 Å². The highest BCUT2D eigenvalue weighted by Crippen LogP contribution is 2.52. The Bertz CT molecular complexity index is 1390. The molecule has 3 aromatic rings. The van der Waals surface area contributed by atoms with Gasteiger partial charge >= 0.3 is 0 Å². The third-order valence-corrected chi connectivity index (χ3v) is 9.88. The number of nitrogens with zero attached hydrogens (tertiary/aromatic N) is 1. The number of ether oxygens (including phenoxy) is 1. The summed E-state index contributed by atoms with van der Waals surface area (Å²) in [5.41, 5.74) is 5.97. The molecule has 1 heterocycles. The molecule has 6 rings (SSSR count). The van der Waals surface area contributed by atoms with Gasteiger partial charge in [-0.1, -0.05) is 56.3 Å². The van der Waals surface area contributed by atoms with Crippen molar-refractivity contribution >= 4 is 5.91 Å². The van der Waals surface area contributed by atoms with Crippen LogP contribution in [0.25, 0.3) is 11.1 Å². The van der Waals surface area contributed by atoms with Crippen LogP contribution in [0.2, 0.25) is 0 Å². The van der Waals surface area contributed by atoms with E-state index in [-0.39, 0.29) is 23.2 Å². The molecule has 216 valence electrons. The standard InChI is InChI=1S/C36H44N2O3/c1-23(2)41-30-14-11-28(12-15-30)27-9-7-25(8-10-27)17-19-37-35(40)31-16-13-29-21-32-24(3)36(4,33(29)34(31)39)18-20-38(32)22-26-5-6-26/h7-16,23-24,26,32,39H,5-6,17-22H2,1-4H3,(H,37,40). The van der Waals surface area contributed by atoms with Crippen LogP contribution in [-0.2, 0) is 18.3 Å². The molecule has 1 saturated carbocycles. The topological polar surface area (TPSA) is 61.8 Å². The van der Waals surface area contributed by atoms with Gasteiger partial charge < -0.3 is 15.2 Å². The van der Waals surface area contributed by atoms with Crippen molar-refractivity contribution in [2.24, 2.45) is 11.8 Å². The van der Waals surface area contributed by atoms with E-state index in [1.54, 1.807) is 0 Å². The summed E-state index contributed by atoms with van der Waals surface area (Å²) in [5.74, 6) is 2.20. The van der Waals surface area contributed by atoms with Crippen molar-refractivity contribution in [1.29, 1.82) is 0 Å². The Balaban J connectivity index is 1.09. The number of benzene rings is 3. The maximum Gasteiger partial charge on any atom is 0.255 e. The monoisotopic (exact) mass is 552 g/mol. The molecule has 3 aromatic carbocycles. The van der Waals surface area contributed by atoms with Gasteiger partial charge in [0.1, 0.15) is 11.5 Å². The quantitative estimate of drug-likeness (QED) is 0.308. The fourth-order valence-electron chi connectivity index (χ4n) is 7.15. The summed E-state index contributed by atoms with van der Waals surface area (Å²) in [7, 11) is 0. The van der Waals surface area contributed by atoms with Gasteiger partial charge in [-0.15, -0.1) is 0 Å². The first-order chi connectivity index (χ1) is 19.7. The first-order valence-corrected chi connectivity index (χ1v) is 15.5. The third kappa shape index (κ3) is 5.61. The summed E-state index contributed by atoms with van der Waals surface area (Å²) in [6.45, 7) is 11.5. The highest BCUT2D eigenvalue weighted by atomic mass is 16.5. The number of nitrogens with one attached hydrogen (secondary N) is 1. The van der Waals surface area contributed by atoms with E-state index >= 15 is 0 Å². The molecular weight excluding hydrogens is 508 g/mol. The molecule has 1 aliphatic heterocycles. The molecule has 3 atom stereocenters. The van der Waals surface area contributed by atoms with E-state index in [9.17, 15) is 9.90 Å². The molecule has 0 radical (unpaired) electrons. The summed E-state index contributed by atoms with van der Waals surface area (Å²) in [6.07, 6.45) is 5.62. The number of piperidine rings is 1. The largest absolute Gasteiger partial charge is 0.507 e. The van der Waals surface area contributed by atoms with Crippen LogP contribution < -0.4 is 10.1 Å². The molecule has 0 spiro atoms. The maximum atomic E-state index is 13.2. The van der Waals surface area contributed by atoms with E-state index < -0.39 is 0 Å². The summed E-state index contributed by atoms with van der Waals surface area (Å²) >= 11 is 0. The lowest BCUT2D eigenvalue weighted by molar-refractivity contribution is 0.0271. The van der Waals surface area contributed by atoms with Crippen molar-refractivity contribution in [2.45, 2.75) is 77.4 Å². The van der Waals surface area contributed by atoms with Crippen molar-refractivity contribution in [1.82, 2.24) is 10.2 Å². The first kappa shape index (κ1) is 27.8. The Morgan fingerprint density at radius 3 is 2.39 bits per heavy atom. The molecule has 2 N–H and O–H groups in total. The van der Waals surface area contributed by atoms with Gasteiger partial charge in [-0.2, -0.15) is 0 Å². The number of fused-ring (bicyclic) bond motifs is 4. The molecule has 5 heteroatoms. The van der Waals surface area contributed by atoms with Crippen LogP contribution in [0.5, 0.6) is 11.5 Å². The second kappa shape index (κ2) is 11.2. The fourth-order valence-corrected chi connectivity index (χ4v) is 7.15. The average Bonchev–Trinajstić information content (AvgIpc) is 3.77. The van der Waals surface area contributed by atoms with Gasteiger partial charge in [-0.05, 0) is 105 Å². The lowest BCUT2D eigenvalue weighted by Crippen LogP contribution is -2.58. The summed E-state index contributed by atoms with van der Waals surface area (Å²) in [5, 5.41) is 14.5. The number of carbonyl (C=O) groups is 1. The second-order valence-corrected chi connectivity index (χ2v) is 13.1. The normalized spacial score (nSPS) is 23.7. The third-order valence-electron chi connectivity index (χ3n) is 9.88. The second-order valence-electron chi connectivity index (χ2n) is 13.1. The number of aromatic hydroxyl groups is 1. The van der Waals surface area contributed by atoms with Crippen molar-refractivity contribution in [3.05, 3.63) is 82.9 Å². The molecule has 3 unspecified atom stereocenters. The van der Waals surface area contributed by atoms with Crippen LogP contribution in [-0.4, -0.2) is 47.7 Å². The van der Waals surface area contributed by atoms with Crippen LogP contribution in [0.4, 0.5) is 0 Å². The molecule has 3 aliphatic rings. The van der Waals surface area contributed by atoms with E-state index in [1.807, 2.05) is 32.0 Å². The highest BCUT2D eigenvalue weighted by molar-refractivity contribution is 5.97. The van der Waals surface area contributed by atoms with Gasteiger partial charge in [0.2, 0.25) is 0 Å². The van der Waals surface area contributed by atoms with Gasteiger partial charge in [0.25, 0.3) is 5.91 Å². The zero-order chi connectivity index (χ0) is 28.7. The molecule has 1 saturated heterocycles.